The normalized spacial score (nSPS) is 13.1. The first-order chi connectivity index (χ1) is 5.97. The molecule has 3 nitrogen and oxygen atoms in total. The summed E-state index contributed by atoms with van der Waals surface area (Å²) >= 11 is 0. The minimum absolute atomic E-state index is 0.0409. The topological polar surface area (TPSA) is 46.2 Å². The minimum atomic E-state index is -0.341. The van der Waals surface area contributed by atoms with E-state index in [9.17, 15) is 9.59 Å². The van der Waals surface area contributed by atoms with Crippen LogP contribution in [-0.2, 0) is 9.59 Å². The van der Waals surface area contributed by atoms with Crippen molar-refractivity contribution in [3.63, 3.8) is 0 Å². The van der Waals surface area contributed by atoms with Crippen molar-refractivity contribution >= 4 is 12.2 Å². The number of aldehydes is 1. The summed E-state index contributed by atoms with van der Waals surface area (Å²) in [4.78, 5) is 21.8. The average molecular weight is 185 g/mol. The molecule has 0 aromatic carbocycles. The van der Waals surface area contributed by atoms with Gasteiger partial charge in [-0.3, -0.25) is 4.79 Å². The molecule has 0 heterocycles. The van der Waals surface area contributed by atoms with Crippen LogP contribution in [0.25, 0.3) is 0 Å². The van der Waals surface area contributed by atoms with Crippen molar-refractivity contribution in [2.75, 3.05) is 0 Å². The molecule has 0 aromatic heterocycles. The van der Waals surface area contributed by atoms with Gasteiger partial charge in [0.15, 0.2) is 0 Å². The quantitative estimate of drug-likeness (QED) is 0.657. The van der Waals surface area contributed by atoms with Crippen LogP contribution in [0.2, 0.25) is 0 Å². The third-order valence-corrected chi connectivity index (χ3v) is 1.79. The third kappa shape index (κ3) is 5.39. The van der Waals surface area contributed by atoms with E-state index in [1.165, 1.54) is 0 Å². The summed E-state index contributed by atoms with van der Waals surface area (Å²) in [5, 5.41) is 2.69. The highest BCUT2D eigenvalue weighted by Crippen LogP contribution is 2.02. The van der Waals surface area contributed by atoms with Crippen LogP contribution in [0.15, 0.2) is 0 Å². The van der Waals surface area contributed by atoms with Gasteiger partial charge in [0.25, 0.3) is 0 Å². The van der Waals surface area contributed by atoms with Gasteiger partial charge >= 0.3 is 0 Å². The fourth-order valence-electron chi connectivity index (χ4n) is 0.973. The molecule has 13 heavy (non-hydrogen) atoms. The molecule has 0 radical (unpaired) electrons. The Morgan fingerprint density at radius 2 is 1.85 bits per heavy atom. The Hall–Kier alpha value is -0.860. The molecule has 1 atom stereocenters. The van der Waals surface area contributed by atoms with E-state index in [1.807, 2.05) is 27.7 Å². The second-order valence-corrected chi connectivity index (χ2v) is 4.07. The van der Waals surface area contributed by atoms with E-state index in [-0.39, 0.29) is 17.9 Å². The first-order valence-electron chi connectivity index (χ1n) is 4.72. The Kier molecular flexibility index (Phi) is 5.35. The van der Waals surface area contributed by atoms with Crippen LogP contribution >= 0.6 is 0 Å². The highest BCUT2D eigenvalue weighted by atomic mass is 16.2. The maximum Gasteiger partial charge on any atom is 0.220 e. The molecular formula is C10H19NO2. The van der Waals surface area contributed by atoms with Crippen LogP contribution in [0.1, 0.15) is 34.1 Å². The summed E-state index contributed by atoms with van der Waals surface area (Å²) < 4.78 is 0. The SMILES string of the molecule is CC(C)CC(=O)N[C@H](C=O)C(C)C. The second-order valence-electron chi connectivity index (χ2n) is 4.07. The van der Waals surface area contributed by atoms with Crippen LogP contribution in [0.3, 0.4) is 0 Å². The fraction of sp³-hybridized carbons (Fsp3) is 0.800. The maximum absolute atomic E-state index is 11.3. The molecule has 0 aliphatic carbocycles. The van der Waals surface area contributed by atoms with Crippen molar-refractivity contribution in [1.29, 1.82) is 0 Å². The number of hydrogen-bond acceptors (Lipinski definition) is 2. The highest BCUT2D eigenvalue weighted by Gasteiger charge is 2.15. The molecular weight excluding hydrogens is 166 g/mol. The molecule has 76 valence electrons. The molecule has 1 N–H and O–H groups in total. The number of hydrogen-bond donors (Lipinski definition) is 1. The Morgan fingerprint density at radius 3 is 2.15 bits per heavy atom. The lowest BCUT2D eigenvalue weighted by Gasteiger charge is -2.16. The van der Waals surface area contributed by atoms with Crippen molar-refractivity contribution in [2.24, 2.45) is 11.8 Å². The molecule has 0 saturated carbocycles. The molecule has 0 aliphatic rings. The number of carbonyl (C=O) groups is 2. The minimum Gasteiger partial charge on any atom is -0.346 e. The van der Waals surface area contributed by atoms with Crippen LogP contribution in [-0.4, -0.2) is 18.2 Å². The molecule has 3 heteroatoms. The van der Waals surface area contributed by atoms with Crippen molar-refractivity contribution in [3.05, 3.63) is 0 Å². The van der Waals surface area contributed by atoms with Crippen LogP contribution < -0.4 is 5.32 Å². The van der Waals surface area contributed by atoms with Gasteiger partial charge < -0.3 is 10.1 Å². The van der Waals surface area contributed by atoms with Crippen LogP contribution in [0.5, 0.6) is 0 Å². The number of nitrogens with one attached hydrogen (secondary N) is 1. The molecule has 0 saturated heterocycles. The summed E-state index contributed by atoms with van der Waals surface area (Å²) in [5.74, 6) is 0.453. The second kappa shape index (κ2) is 5.73. The Balaban J connectivity index is 3.94. The van der Waals surface area contributed by atoms with Crippen molar-refractivity contribution in [2.45, 2.75) is 40.2 Å². The van der Waals surface area contributed by atoms with E-state index in [0.717, 1.165) is 6.29 Å². The van der Waals surface area contributed by atoms with Gasteiger partial charge in [-0.25, -0.2) is 0 Å². The fourth-order valence-corrected chi connectivity index (χ4v) is 0.973. The summed E-state index contributed by atoms with van der Waals surface area (Å²) in [6.45, 7) is 7.78. The molecule has 0 rings (SSSR count). The van der Waals surface area contributed by atoms with E-state index in [2.05, 4.69) is 5.32 Å². The molecule has 1 amide bonds. The van der Waals surface area contributed by atoms with Gasteiger partial charge in [-0.05, 0) is 11.8 Å². The Morgan fingerprint density at radius 1 is 1.31 bits per heavy atom. The predicted molar refractivity (Wildman–Crippen MR) is 52.3 cm³/mol. The van der Waals surface area contributed by atoms with Crippen molar-refractivity contribution in [3.8, 4) is 0 Å². The lowest BCUT2D eigenvalue weighted by atomic mass is 10.0. The zero-order chi connectivity index (χ0) is 10.4. The van der Waals surface area contributed by atoms with Crippen molar-refractivity contribution in [1.82, 2.24) is 5.32 Å². The average Bonchev–Trinajstić information content (AvgIpc) is 1.98. The smallest absolute Gasteiger partial charge is 0.220 e. The lowest BCUT2D eigenvalue weighted by molar-refractivity contribution is -0.125. The zero-order valence-corrected chi connectivity index (χ0v) is 8.83. The molecule has 0 aliphatic heterocycles. The van der Waals surface area contributed by atoms with Gasteiger partial charge in [-0.1, -0.05) is 27.7 Å². The molecule has 0 aromatic rings. The Labute approximate surface area is 79.9 Å². The largest absolute Gasteiger partial charge is 0.346 e. The standard InChI is InChI=1S/C10H19NO2/c1-7(2)5-10(13)11-9(6-12)8(3)4/h6-9H,5H2,1-4H3,(H,11,13)/t9-/m1/s1. The van der Waals surface area contributed by atoms with E-state index in [0.29, 0.717) is 12.3 Å². The first-order valence-corrected chi connectivity index (χ1v) is 4.72. The Bertz CT molecular complexity index is 176. The summed E-state index contributed by atoms with van der Waals surface area (Å²) in [5.41, 5.74) is 0. The summed E-state index contributed by atoms with van der Waals surface area (Å²) in [6.07, 6.45) is 1.28. The monoisotopic (exact) mass is 185 g/mol. The highest BCUT2D eigenvalue weighted by molar-refractivity contribution is 5.79. The number of rotatable bonds is 5. The van der Waals surface area contributed by atoms with Crippen molar-refractivity contribution < 1.29 is 9.59 Å². The molecule has 0 unspecified atom stereocenters. The van der Waals surface area contributed by atoms with Crippen LogP contribution in [0.4, 0.5) is 0 Å². The molecule has 0 bridgehead atoms. The predicted octanol–water partition coefficient (Wildman–Crippen LogP) is 1.37. The van der Waals surface area contributed by atoms with E-state index < -0.39 is 0 Å². The van der Waals surface area contributed by atoms with E-state index in [4.69, 9.17) is 0 Å². The van der Waals surface area contributed by atoms with Gasteiger partial charge in [-0.2, -0.15) is 0 Å². The number of amides is 1. The van der Waals surface area contributed by atoms with E-state index in [1.54, 1.807) is 0 Å². The summed E-state index contributed by atoms with van der Waals surface area (Å²) in [7, 11) is 0. The van der Waals surface area contributed by atoms with Crippen LogP contribution in [0, 0.1) is 11.8 Å². The van der Waals surface area contributed by atoms with Gasteiger partial charge in [0.1, 0.15) is 6.29 Å². The molecule has 0 spiro atoms. The number of carbonyl (C=O) groups excluding carboxylic acids is 2. The van der Waals surface area contributed by atoms with Gasteiger partial charge in [0.2, 0.25) is 5.91 Å². The summed E-state index contributed by atoms with van der Waals surface area (Å²) in [6, 6.07) is -0.341. The maximum atomic E-state index is 11.3. The zero-order valence-electron chi connectivity index (χ0n) is 8.83. The van der Waals surface area contributed by atoms with Gasteiger partial charge in [0.05, 0.1) is 6.04 Å². The van der Waals surface area contributed by atoms with Gasteiger partial charge in [0, 0.05) is 6.42 Å². The van der Waals surface area contributed by atoms with E-state index >= 15 is 0 Å². The first kappa shape index (κ1) is 12.1. The molecule has 0 fully saturated rings. The van der Waals surface area contributed by atoms with Gasteiger partial charge in [-0.15, -0.1) is 0 Å². The lowest BCUT2D eigenvalue weighted by Crippen LogP contribution is -2.40. The third-order valence-electron chi connectivity index (χ3n) is 1.79.